The molecule has 1 aliphatic heterocycles. The molecule has 0 aromatic heterocycles. The normalized spacial score (nSPS) is 17.6. The number of carbonyl (C=O) groups is 2. The Hall–Kier alpha value is -1.30. The first-order chi connectivity index (χ1) is 7.06. The Balaban J connectivity index is 2.49. The predicted octanol–water partition coefficient (Wildman–Crippen LogP) is 0.539. The first-order valence-electron chi connectivity index (χ1n) is 4.88. The van der Waals surface area contributed by atoms with Crippen LogP contribution in [0.3, 0.4) is 0 Å². The van der Waals surface area contributed by atoms with E-state index < -0.39 is 6.09 Å². The highest BCUT2D eigenvalue weighted by Crippen LogP contribution is 2.16. The Bertz CT molecular complexity index is 248. The van der Waals surface area contributed by atoms with E-state index >= 15 is 0 Å². The first kappa shape index (κ1) is 11.8. The van der Waals surface area contributed by atoms with Crippen LogP contribution in [0.25, 0.3) is 0 Å². The molecule has 0 spiro atoms. The number of likely N-dealkylation sites (tertiary alicyclic amines) is 1. The van der Waals surface area contributed by atoms with Gasteiger partial charge in [-0.05, 0) is 12.8 Å². The highest BCUT2D eigenvalue weighted by molar-refractivity contribution is 5.72. The Morgan fingerprint density at radius 3 is 2.27 bits per heavy atom. The molecule has 6 heteroatoms. The summed E-state index contributed by atoms with van der Waals surface area (Å²) in [6.07, 6.45) is 0.347. The summed E-state index contributed by atoms with van der Waals surface area (Å²) in [5.41, 5.74) is 0. The molecule has 0 aromatic carbocycles. The minimum atomic E-state index is -0.903. The van der Waals surface area contributed by atoms with Gasteiger partial charge in [-0.3, -0.25) is 9.63 Å². The van der Waals surface area contributed by atoms with Crippen molar-refractivity contribution in [1.82, 2.24) is 9.96 Å². The summed E-state index contributed by atoms with van der Waals surface area (Å²) in [5, 5.41) is 10.1. The monoisotopic (exact) mass is 216 g/mol. The standard InChI is InChI=1S/C9H16N2O4/c1-7(12)11(15-2)8-3-5-10(6-4-8)9(13)14/h8H,3-6H2,1-2H3,(H,13,14). The molecule has 0 saturated carbocycles. The fourth-order valence-corrected chi connectivity index (χ4v) is 1.83. The molecule has 1 rings (SSSR count). The third kappa shape index (κ3) is 2.82. The SMILES string of the molecule is CON(C(C)=O)C1CCN(C(=O)O)CC1. The maximum Gasteiger partial charge on any atom is 0.407 e. The average Bonchev–Trinajstić information content (AvgIpc) is 2.19. The van der Waals surface area contributed by atoms with Gasteiger partial charge < -0.3 is 10.0 Å². The molecule has 0 unspecified atom stereocenters. The Kier molecular flexibility index (Phi) is 3.90. The number of carbonyl (C=O) groups excluding carboxylic acids is 1. The molecule has 1 fully saturated rings. The number of hydroxylamine groups is 2. The van der Waals surface area contributed by atoms with Gasteiger partial charge in [0.05, 0.1) is 13.2 Å². The number of amides is 2. The van der Waals surface area contributed by atoms with Gasteiger partial charge in [-0.2, -0.15) is 0 Å². The molecule has 1 heterocycles. The van der Waals surface area contributed by atoms with Crippen molar-refractivity contribution in [3.63, 3.8) is 0 Å². The van der Waals surface area contributed by atoms with E-state index in [1.54, 1.807) is 0 Å². The molecule has 6 nitrogen and oxygen atoms in total. The van der Waals surface area contributed by atoms with Crippen molar-refractivity contribution >= 4 is 12.0 Å². The van der Waals surface area contributed by atoms with Crippen molar-refractivity contribution in [2.24, 2.45) is 0 Å². The van der Waals surface area contributed by atoms with Crippen LogP contribution in [-0.4, -0.2) is 53.3 Å². The van der Waals surface area contributed by atoms with Crippen molar-refractivity contribution in [2.75, 3.05) is 20.2 Å². The zero-order chi connectivity index (χ0) is 11.4. The smallest absolute Gasteiger partial charge is 0.407 e. The molecule has 0 radical (unpaired) electrons. The summed E-state index contributed by atoms with van der Waals surface area (Å²) < 4.78 is 0. The Labute approximate surface area is 88.4 Å². The van der Waals surface area contributed by atoms with Crippen LogP contribution in [-0.2, 0) is 9.63 Å². The molecule has 86 valence electrons. The van der Waals surface area contributed by atoms with Gasteiger partial charge in [0.1, 0.15) is 0 Å². The van der Waals surface area contributed by atoms with Crippen LogP contribution in [0.4, 0.5) is 4.79 Å². The summed E-state index contributed by atoms with van der Waals surface area (Å²) in [5.74, 6) is -0.147. The van der Waals surface area contributed by atoms with E-state index in [2.05, 4.69) is 0 Å². The molecule has 1 aliphatic rings. The van der Waals surface area contributed by atoms with Crippen molar-refractivity contribution in [1.29, 1.82) is 0 Å². The topological polar surface area (TPSA) is 70.1 Å². The van der Waals surface area contributed by atoms with Crippen molar-refractivity contribution in [3.8, 4) is 0 Å². The number of nitrogens with zero attached hydrogens (tertiary/aromatic N) is 2. The van der Waals surface area contributed by atoms with E-state index in [4.69, 9.17) is 9.94 Å². The van der Waals surface area contributed by atoms with Gasteiger partial charge in [0.2, 0.25) is 5.91 Å². The molecule has 0 atom stereocenters. The van der Waals surface area contributed by atoms with E-state index in [1.165, 1.54) is 24.0 Å². The van der Waals surface area contributed by atoms with E-state index in [-0.39, 0.29) is 11.9 Å². The fraction of sp³-hybridized carbons (Fsp3) is 0.778. The average molecular weight is 216 g/mol. The van der Waals surface area contributed by atoms with Crippen LogP contribution >= 0.6 is 0 Å². The lowest BCUT2D eigenvalue weighted by atomic mass is 10.1. The number of rotatable bonds is 2. The second-order valence-corrected chi connectivity index (χ2v) is 3.53. The van der Waals surface area contributed by atoms with Gasteiger partial charge in [-0.25, -0.2) is 9.86 Å². The number of hydrogen-bond acceptors (Lipinski definition) is 3. The summed E-state index contributed by atoms with van der Waals surface area (Å²) in [6, 6.07) is -0.0110. The second-order valence-electron chi connectivity index (χ2n) is 3.53. The fourth-order valence-electron chi connectivity index (χ4n) is 1.83. The van der Waals surface area contributed by atoms with Gasteiger partial charge in [0.15, 0.2) is 0 Å². The highest BCUT2D eigenvalue weighted by atomic mass is 16.7. The van der Waals surface area contributed by atoms with Crippen LogP contribution in [0.15, 0.2) is 0 Å². The third-order valence-electron chi connectivity index (χ3n) is 2.57. The van der Waals surface area contributed by atoms with E-state index in [9.17, 15) is 9.59 Å². The van der Waals surface area contributed by atoms with Crippen molar-refractivity contribution in [2.45, 2.75) is 25.8 Å². The largest absolute Gasteiger partial charge is 0.465 e. The van der Waals surface area contributed by atoms with Gasteiger partial charge in [0.25, 0.3) is 0 Å². The van der Waals surface area contributed by atoms with Gasteiger partial charge in [0, 0.05) is 20.0 Å². The summed E-state index contributed by atoms with van der Waals surface area (Å²) in [7, 11) is 1.45. The molecule has 2 amide bonds. The second kappa shape index (κ2) is 4.97. The molecule has 0 bridgehead atoms. The van der Waals surface area contributed by atoms with E-state index in [1.807, 2.05) is 0 Å². The zero-order valence-corrected chi connectivity index (χ0v) is 8.97. The van der Waals surface area contributed by atoms with Gasteiger partial charge >= 0.3 is 6.09 Å². The maximum absolute atomic E-state index is 11.2. The van der Waals surface area contributed by atoms with Crippen LogP contribution in [0, 0.1) is 0 Å². The highest BCUT2D eigenvalue weighted by Gasteiger charge is 2.28. The molecule has 0 aliphatic carbocycles. The quantitative estimate of drug-likeness (QED) is 0.684. The molecule has 15 heavy (non-hydrogen) atoms. The Morgan fingerprint density at radius 1 is 1.40 bits per heavy atom. The van der Waals surface area contributed by atoms with Crippen LogP contribution in [0.1, 0.15) is 19.8 Å². The van der Waals surface area contributed by atoms with Crippen molar-refractivity contribution in [3.05, 3.63) is 0 Å². The van der Waals surface area contributed by atoms with E-state index in [0.29, 0.717) is 25.9 Å². The third-order valence-corrected chi connectivity index (χ3v) is 2.57. The predicted molar refractivity (Wildman–Crippen MR) is 52.1 cm³/mol. The lowest BCUT2D eigenvalue weighted by Crippen LogP contribution is -2.47. The lowest BCUT2D eigenvalue weighted by Gasteiger charge is -2.35. The minimum Gasteiger partial charge on any atom is -0.465 e. The number of hydrogen-bond donors (Lipinski definition) is 1. The lowest BCUT2D eigenvalue weighted by molar-refractivity contribution is -0.189. The van der Waals surface area contributed by atoms with Gasteiger partial charge in [-0.15, -0.1) is 0 Å². The van der Waals surface area contributed by atoms with E-state index in [0.717, 1.165) is 0 Å². The Morgan fingerprint density at radius 2 is 1.93 bits per heavy atom. The first-order valence-corrected chi connectivity index (χ1v) is 4.88. The van der Waals surface area contributed by atoms with Crippen LogP contribution in [0.2, 0.25) is 0 Å². The molecule has 0 aromatic rings. The van der Waals surface area contributed by atoms with Crippen LogP contribution in [0.5, 0.6) is 0 Å². The van der Waals surface area contributed by atoms with Crippen molar-refractivity contribution < 1.29 is 19.5 Å². The zero-order valence-electron chi connectivity index (χ0n) is 8.97. The minimum absolute atomic E-state index is 0.0110. The number of carboxylic acid groups (broad SMARTS) is 1. The molecule has 1 N–H and O–H groups in total. The number of piperidine rings is 1. The maximum atomic E-state index is 11.2. The van der Waals surface area contributed by atoms with Crippen LogP contribution < -0.4 is 0 Å². The molecule has 1 saturated heterocycles. The van der Waals surface area contributed by atoms with Gasteiger partial charge in [-0.1, -0.05) is 0 Å². The summed E-state index contributed by atoms with van der Waals surface area (Å²) >= 11 is 0. The summed E-state index contributed by atoms with van der Waals surface area (Å²) in [4.78, 5) is 28.1. The summed E-state index contributed by atoms with van der Waals surface area (Å²) in [6.45, 7) is 2.34. The molecular formula is C9H16N2O4. The molecular weight excluding hydrogens is 200 g/mol.